The number of benzene rings is 1. The van der Waals surface area contributed by atoms with Gasteiger partial charge in [-0.05, 0) is 37.3 Å². The minimum atomic E-state index is -0.452. The lowest BCUT2D eigenvalue weighted by molar-refractivity contribution is 0.0526. The standard InChI is InChI=1S/C16H15N5O3/c1-2-24-15(22)11-5-3-6-12(9-11)19-16(23)20-13-7-4-8-21-14(13)17-10-18-21/h3-10H,2H2,1H3,(H2,19,20,23). The van der Waals surface area contributed by atoms with Crippen LogP contribution in [0.3, 0.4) is 0 Å². The average Bonchev–Trinajstić information content (AvgIpc) is 3.05. The SMILES string of the molecule is CCOC(=O)c1cccc(NC(=O)Nc2cccn3ncnc23)c1. The monoisotopic (exact) mass is 325 g/mol. The summed E-state index contributed by atoms with van der Waals surface area (Å²) in [5.41, 5.74) is 1.91. The van der Waals surface area contributed by atoms with Crippen LogP contribution in [0.1, 0.15) is 17.3 Å². The third-order valence-corrected chi connectivity index (χ3v) is 3.18. The van der Waals surface area contributed by atoms with Gasteiger partial charge in [-0.25, -0.2) is 19.1 Å². The van der Waals surface area contributed by atoms with Gasteiger partial charge in [-0.15, -0.1) is 0 Å². The Balaban J connectivity index is 1.72. The first-order valence-electron chi connectivity index (χ1n) is 7.31. The van der Waals surface area contributed by atoms with Gasteiger partial charge in [0.2, 0.25) is 0 Å². The van der Waals surface area contributed by atoms with Gasteiger partial charge in [0.05, 0.1) is 17.9 Å². The zero-order valence-corrected chi connectivity index (χ0v) is 12.9. The van der Waals surface area contributed by atoms with E-state index in [-0.39, 0.29) is 0 Å². The van der Waals surface area contributed by atoms with Crippen LogP contribution in [0.4, 0.5) is 16.2 Å². The van der Waals surface area contributed by atoms with Crippen molar-refractivity contribution in [2.24, 2.45) is 0 Å². The number of pyridine rings is 1. The van der Waals surface area contributed by atoms with E-state index in [4.69, 9.17) is 4.74 Å². The van der Waals surface area contributed by atoms with Crippen molar-refractivity contribution in [1.82, 2.24) is 14.6 Å². The second kappa shape index (κ2) is 6.78. The number of carbonyl (C=O) groups is 2. The number of urea groups is 1. The van der Waals surface area contributed by atoms with Crippen LogP contribution in [0.2, 0.25) is 0 Å². The Morgan fingerprint density at radius 3 is 2.92 bits per heavy atom. The van der Waals surface area contributed by atoms with Crippen molar-refractivity contribution in [3.63, 3.8) is 0 Å². The molecule has 2 heterocycles. The number of esters is 1. The van der Waals surface area contributed by atoms with Gasteiger partial charge in [0.15, 0.2) is 5.65 Å². The summed E-state index contributed by atoms with van der Waals surface area (Å²) in [7, 11) is 0. The van der Waals surface area contributed by atoms with E-state index in [1.165, 1.54) is 6.33 Å². The first-order valence-corrected chi connectivity index (χ1v) is 7.31. The van der Waals surface area contributed by atoms with Gasteiger partial charge in [0.25, 0.3) is 0 Å². The van der Waals surface area contributed by atoms with Crippen molar-refractivity contribution in [2.45, 2.75) is 6.92 Å². The van der Waals surface area contributed by atoms with Gasteiger partial charge in [-0.3, -0.25) is 0 Å². The first-order chi connectivity index (χ1) is 11.7. The van der Waals surface area contributed by atoms with Gasteiger partial charge in [0.1, 0.15) is 6.33 Å². The van der Waals surface area contributed by atoms with Crippen molar-refractivity contribution in [3.8, 4) is 0 Å². The zero-order valence-electron chi connectivity index (χ0n) is 12.9. The molecule has 0 aliphatic carbocycles. The maximum absolute atomic E-state index is 12.2. The van der Waals surface area contributed by atoms with Crippen LogP contribution in [0.15, 0.2) is 48.9 Å². The number of ether oxygens (including phenoxy) is 1. The van der Waals surface area contributed by atoms with E-state index in [0.717, 1.165) is 0 Å². The Hall–Kier alpha value is -3.42. The Morgan fingerprint density at radius 2 is 2.08 bits per heavy atom. The topological polar surface area (TPSA) is 97.6 Å². The fourth-order valence-electron chi connectivity index (χ4n) is 2.17. The van der Waals surface area contributed by atoms with Crippen molar-refractivity contribution in [1.29, 1.82) is 0 Å². The van der Waals surface area contributed by atoms with E-state index in [0.29, 0.717) is 29.2 Å². The molecule has 122 valence electrons. The van der Waals surface area contributed by atoms with Gasteiger partial charge in [-0.2, -0.15) is 5.10 Å². The fraction of sp³-hybridized carbons (Fsp3) is 0.125. The number of rotatable bonds is 4. The molecule has 8 nitrogen and oxygen atoms in total. The lowest BCUT2D eigenvalue weighted by atomic mass is 10.2. The lowest BCUT2D eigenvalue weighted by Crippen LogP contribution is -2.20. The Labute approximate surface area is 137 Å². The normalized spacial score (nSPS) is 10.4. The molecule has 1 aromatic carbocycles. The number of hydrogen-bond acceptors (Lipinski definition) is 5. The molecule has 0 fully saturated rings. The highest BCUT2D eigenvalue weighted by Gasteiger charge is 2.10. The molecular formula is C16H15N5O3. The second-order valence-corrected chi connectivity index (χ2v) is 4.83. The summed E-state index contributed by atoms with van der Waals surface area (Å²) >= 11 is 0. The number of aromatic nitrogens is 3. The number of nitrogens with zero attached hydrogens (tertiary/aromatic N) is 3. The molecule has 2 N–H and O–H groups in total. The molecule has 3 aromatic rings. The van der Waals surface area contributed by atoms with Crippen molar-refractivity contribution < 1.29 is 14.3 Å². The molecular weight excluding hydrogens is 310 g/mol. The maximum atomic E-state index is 12.2. The number of hydrogen-bond donors (Lipinski definition) is 2. The van der Waals surface area contributed by atoms with Crippen molar-refractivity contribution in [2.75, 3.05) is 17.2 Å². The summed E-state index contributed by atoms with van der Waals surface area (Å²) in [5, 5.41) is 9.37. The number of fused-ring (bicyclic) bond motifs is 1. The molecule has 0 saturated carbocycles. The molecule has 0 saturated heterocycles. The summed E-state index contributed by atoms with van der Waals surface area (Å²) in [4.78, 5) is 28.0. The molecule has 0 aliphatic rings. The van der Waals surface area contributed by atoms with E-state index < -0.39 is 12.0 Å². The average molecular weight is 325 g/mol. The third kappa shape index (κ3) is 3.32. The Bertz CT molecular complexity index is 890. The van der Waals surface area contributed by atoms with Crippen LogP contribution in [-0.2, 0) is 4.74 Å². The third-order valence-electron chi connectivity index (χ3n) is 3.18. The minimum absolute atomic E-state index is 0.291. The zero-order chi connectivity index (χ0) is 16.9. The quantitative estimate of drug-likeness (QED) is 0.718. The smallest absolute Gasteiger partial charge is 0.338 e. The van der Waals surface area contributed by atoms with Crippen LogP contribution >= 0.6 is 0 Å². The molecule has 3 rings (SSSR count). The van der Waals surface area contributed by atoms with Gasteiger partial charge >= 0.3 is 12.0 Å². The number of carbonyl (C=O) groups excluding carboxylic acids is 2. The van der Waals surface area contributed by atoms with E-state index >= 15 is 0 Å². The summed E-state index contributed by atoms with van der Waals surface area (Å²) < 4.78 is 6.49. The molecule has 0 bridgehead atoms. The number of anilines is 2. The van der Waals surface area contributed by atoms with Crippen LogP contribution in [0.5, 0.6) is 0 Å². The highest BCUT2D eigenvalue weighted by atomic mass is 16.5. The highest BCUT2D eigenvalue weighted by molar-refractivity contribution is 6.02. The summed E-state index contributed by atoms with van der Waals surface area (Å²) in [6.45, 7) is 2.03. The van der Waals surface area contributed by atoms with Crippen LogP contribution in [0, 0.1) is 0 Å². The van der Waals surface area contributed by atoms with Gasteiger partial charge in [-0.1, -0.05) is 6.07 Å². The van der Waals surface area contributed by atoms with Crippen molar-refractivity contribution in [3.05, 3.63) is 54.5 Å². The maximum Gasteiger partial charge on any atom is 0.338 e. The fourth-order valence-corrected chi connectivity index (χ4v) is 2.17. The van der Waals surface area contributed by atoms with E-state index in [1.54, 1.807) is 54.0 Å². The molecule has 0 atom stereocenters. The second-order valence-electron chi connectivity index (χ2n) is 4.83. The van der Waals surface area contributed by atoms with Gasteiger partial charge in [0, 0.05) is 11.9 Å². The predicted molar refractivity (Wildman–Crippen MR) is 88.0 cm³/mol. The van der Waals surface area contributed by atoms with Crippen LogP contribution in [-0.4, -0.2) is 33.2 Å². The minimum Gasteiger partial charge on any atom is -0.462 e. The first kappa shape index (κ1) is 15.5. The molecule has 0 spiro atoms. The van der Waals surface area contributed by atoms with Crippen LogP contribution < -0.4 is 10.6 Å². The summed E-state index contributed by atoms with van der Waals surface area (Å²) in [6.07, 6.45) is 3.13. The van der Waals surface area contributed by atoms with E-state index in [9.17, 15) is 9.59 Å². The Morgan fingerprint density at radius 1 is 1.21 bits per heavy atom. The summed E-state index contributed by atoms with van der Waals surface area (Å²) in [6, 6.07) is 9.54. The number of nitrogens with one attached hydrogen (secondary N) is 2. The molecule has 24 heavy (non-hydrogen) atoms. The van der Waals surface area contributed by atoms with Crippen molar-refractivity contribution >= 4 is 29.0 Å². The predicted octanol–water partition coefficient (Wildman–Crippen LogP) is 2.55. The molecule has 8 heteroatoms. The van der Waals surface area contributed by atoms with E-state index in [1.807, 2.05) is 0 Å². The van der Waals surface area contributed by atoms with E-state index in [2.05, 4.69) is 20.7 Å². The highest BCUT2D eigenvalue weighted by Crippen LogP contribution is 2.15. The molecule has 2 amide bonds. The molecule has 0 aliphatic heterocycles. The summed E-state index contributed by atoms with van der Waals surface area (Å²) in [5.74, 6) is -0.435. The van der Waals surface area contributed by atoms with Gasteiger partial charge < -0.3 is 15.4 Å². The molecule has 0 unspecified atom stereocenters. The van der Waals surface area contributed by atoms with Crippen LogP contribution in [0.25, 0.3) is 5.65 Å². The largest absolute Gasteiger partial charge is 0.462 e. The lowest BCUT2D eigenvalue weighted by Gasteiger charge is -2.09. The Kier molecular flexibility index (Phi) is 4.37. The molecule has 0 radical (unpaired) electrons. The molecule has 2 aromatic heterocycles. The number of amides is 2.